The van der Waals surface area contributed by atoms with Crippen molar-refractivity contribution in [1.29, 1.82) is 0 Å². The van der Waals surface area contributed by atoms with Gasteiger partial charge in [-0.25, -0.2) is 0 Å². The third-order valence-electron chi connectivity index (χ3n) is 4.52. The fourth-order valence-electron chi connectivity index (χ4n) is 3.09. The fourth-order valence-corrected chi connectivity index (χ4v) is 3.45. The summed E-state index contributed by atoms with van der Waals surface area (Å²) >= 11 is 6.13. The lowest BCUT2D eigenvalue weighted by molar-refractivity contribution is -0.926. The zero-order chi connectivity index (χ0) is 15.1. The number of halogens is 1. The maximum Gasteiger partial charge on any atom is 0.0924 e. The van der Waals surface area contributed by atoms with Crippen LogP contribution in [0.25, 0.3) is 0 Å². The van der Waals surface area contributed by atoms with Gasteiger partial charge in [0.25, 0.3) is 0 Å². The molecular weight excluding hydrogens is 266 g/mol. The molecule has 20 heavy (non-hydrogen) atoms. The molecule has 0 aromatic carbocycles. The molecule has 1 nitrogen and oxygen atoms in total. The molecule has 0 saturated heterocycles. The number of unbranched alkanes of at least 4 members (excludes halogenated alkanes) is 7. The van der Waals surface area contributed by atoms with E-state index in [1.54, 1.807) is 0 Å². The highest BCUT2D eigenvalue weighted by molar-refractivity contribution is 6.17. The Bertz CT molecular complexity index is 182. The lowest BCUT2D eigenvalue weighted by Gasteiger charge is -2.39. The number of nitrogens with zero attached hydrogens (tertiary/aromatic N) is 1. The van der Waals surface area contributed by atoms with Gasteiger partial charge < -0.3 is 4.48 Å². The molecule has 0 fully saturated rings. The Kier molecular flexibility index (Phi) is 14.4. The minimum absolute atomic E-state index is 0.825. The van der Waals surface area contributed by atoms with Crippen LogP contribution in [0, 0.1) is 0 Å². The molecule has 0 aromatic heterocycles. The average molecular weight is 305 g/mol. The van der Waals surface area contributed by atoms with E-state index in [2.05, 4.69) is 20.8 Å². The molecule has 0 unspecified atom stereocenters. The quantitative estimate of drug-likeness (QED) is 0.198. The summed E-state index contributed by atoms with van der Waals surface area (Å²) in [6, 6.07) is 0. The second kappa shape index (κ2) is 14.2. The third kappa shape index (κ3) is 10.0. The zero-order valence-electron chi connectivity index (χ0n) is 14.4. The molecule has 0 amide bonds. The predicted molar refractivity (Wildman–Crippen MR) is 93.6 cm³/mol. The summed E-state index contributed by atoms with van der Waals surface area (Å²) in [5.41, 5.74) is 0. The third-order valence-corrected chi connectivity index (χ3v) is 4.69. The monoisotopic (exact) mass is 304 g/mol. The summed E-state index contributed by atoms with van der Waals surface area (Å²) in [6.45, 7) is 12.1. The highest BCUT2D eigenvalue weighted by atomic mass is 35.5. The molecule has 0 atom stereocenters. The Morgan fingerprint density at radius 3 is 1.40 bits per heavy atom. The molecule has 0 bridgehead atoms. The largest absolute Gasteiger partial charge is 0.323 e. The van der Waals surface area contributed by atoms with Gasteiger partial charge in [0.15, 0.2) is 0 Å². The summed E-state index contributed by atoms with van der Waals surface area (Å²) in [5.74, 6) is 0.825. The Morgan fingerprint density at radius 2 is 1.00 bits per heavy atom. The molecule has 122 valence electrons. The van der Waals surface area contributed by atoms with Gasteiger partial charge in [0.1, 0.15) is 0 Å². The summed E-state index contributed by atoms with van der Waals surface area (Å²) in [7, 11) is 0. The van der Waals surface area contributed by atoms with Crippen LogP contribution in [0.5, 0.6) is 0 Å². The van der Waals surface area contributed by atoms with Gasteiger partial charge in [-0.2, -0.15) is 0 Å². The number of quaternary nitrogens is 1. The Labute approximate surface area is 133 Å². The van der Waals surface area contributed by atoms with Crippen molar-refractivity contribution in [3.8, 4) is 0 Å². The van der Waals surface area contributed by atoms with Crippen LogP contribution in [-0.4, -0.2) is 36.5 Å². The standard InChI is InChI=1S/C18H39ClN/c1-4-7-10-12-16-20(18-14-19,15-9-6-3)17-13-11-8-5-2/h4-18H2,1-3H3/q+1. The minimum Gasteiger partial charge on any atom is -0.323 e. The molecule has 0 aliphatic carbocycles. The second-order valence-electron chi connectivity index (χ2n) is 6.40. The number of alkyl halides is 1. The van der Waals surface area contributed by atoms with Gasteiger partial charge in [0.05, 0.1) is 32.1 Å². The average Bonchev–Trinajstić information content (AvgIpc) is 2.46. The Balaban J connectivity index is 4.32. The van der Waals surface area contributed by atoms with E-state index in [9.17, 15) is 0 Å². The van der Waals surface area contributed by atoms with Crippen LogP contribution in [-0.2, 0) is 0 Å². The smallest absolute Gasteiger partial charge is 0.0924 e. The van der Waals surface area contributed by atoms with E-state index in [-0.39, 0.29) is 0 Å². The molecule has 0 saturated carbocycles. The zero-order valence-corrected chi connectivity index (χ0v) is 15.2. The van der Waals surface area contributed by atoms with E-state index in [1.807, 2.05) is 0 Å². The van der Waals surface area contributed by atoms with Crippen molar-refractivity contribution in [1.82, 2.24) is 0 Å². The van der Waals surface area contributed by atoms with Crippen LogP contribution < -0.4 is 0 Å². The minimum atomic E-state index is 0.825. The van der Waals surface area contributed by atoms with Gasteiger partial charge in [0.2, 0.25) is 0 Å². The van der Waals surface area contributed by atoms with Crippen molar-refractivity contribution in [2.45, 2.75) is 85.0 Å². The summed E-state index contributed by atoms with van der Waals surface area (Å²) in [4.78, 5) is 0. The van der Waals surface area contributed by atoms with E-state index in [4.69, 9.17) is 11.6 Å². The van der Waals surface area contributed by atoms with Crippen molar-refractivity contribution in [3.05, 3.63) is 0 Å². The van der Waals surface area contributed by atoms with Crippen molar-refractivity contribution < 1.29 is 4.48 Å². The maximum absolute atomic E-state index is 6.13. The van der Waals surface area contributed by atoms with E-state index in [1.165, 1.54) is 94.9 Å². The molecule has 0 aliphatic heterocycles. The number of rotatable bonds is 15. The molecule has 0 aromatic rings. The van der Waals surface area contributed by atoms with Crippen LogP contribution in [0.15, 0.2) is 0 Å². The fraction of sp³-hybridized carbons (Fsp3) is 1.00. The van der Waals surface area contributed by atoms with Crippen molar-refractivity contribution >= 4 is 11.6 Å². The number of hydrogen-bond donors (Lipinski definition) is 0. The molecular formula is C18H39ClN+. The molecule has 0 radical (unpaired) electrons. The normalized spacial score (nSPS) is 12.0. The SMILES string of the molecule is CCCCCC[N+](CCCl)(CCCC)CCCCCC. The summed E-state index contributed by atoms with van der Waals surface area (Å²) in [5, 5.41) is 0. The van der Waals surface area contributed by atoms with E-state index < -0.39 is 0 Å². The van der Waals surface area contributed by atoms with Crippen LogP contribution in [0.1, 0.15) is 85.0 Å². The molecule has 0 rings (SSSR count). The Morgan fingerprint density at radius 1 is 0.550 bits per heavy atom. The van der Waals surface area contributed by atoms with E-state index in [0.29, 0.717) is 0 Å². The number of hydrogen-bond acceptors (Lipinski definition) is 0. The van der Waals surface area contributed by atoms with E-state index in [0.717, 1.165) is 5.88 Å². The van der Waals surface area contributed by atoms with Gasteiger partial charge in [-0.05, 0) is 32.1 Å². The summed E-state index contributed by atoms with van der Waals surface area (Å²) < 4.78 is 1.30. The lowest BCUT2D eigenvalue weighted by atomic mass is 10.1. The molecule has 2 heteroatoms. The highest BCUT2D eigenvalue weighted by Crippen LogP contribution is 2.16. The Hall–Kier alpha value is 0.250. The maximum atomic E-state index is 6.13. The van der Waals surface area contributed by atoms with E-state index >= 15 is 0 Å². The lowest BCUT2D eigenvalue weighted by Crippen LogP contribution is -2.51. The first-order valence-electron chi connectivity index (χ1n) is 9.15. The first-order chi connectivity index (χ1) is 9.74. The topological polar surface area (TPSA) is 0 Å². The van der Waals surface area contributed by atoms with Crippen LogP contribution in [0.2, 0.25) is 0 Å². The van der Waals surface area contributed by atoms with Crippen molar-refractivity contribution in [3.63, 3.8) is 0 Å². The molecule has 0 aliphatic rings. The van der Waals surface area contributed by atoms with Gasteiger partial charge >= 0.3 is 0 Å². The van der Waals surface area contributed by atoms with Crippen LogP contribution in [0.4, 0.5) is 0 Å². The molecule has 0 spiro atoms. The first kappa shape index (κ1) is 20.2. The second-order valence-corrected chi connectivity index (χ2v) is 6.78. The van der Waals surface area contributed by atoms with Gasteiger partial charge in [0, 0.05) is 0 Å². The van der Waals surface area contributed by atoms with Crippen molar-refractivity contribution in [2.24, 2.45) is 0 Å². The van der Waals surface area contributed by atoms with Crippen LogP contribution in [0.3, 0.4) is 0 Å². The highest BCUT2D eigenvalue weighted by Gasteiger charge is 2.25. The van der Waals surface area contributed by atoms with Gasteiger partial charge in [-0.3, -0.25) is 0 Å². The molecule has 0 heterocycles. The van der Waals surface area contributed by atoms with Gasteiger partial charge in [-0.1, -0.05) is 52.9 Å². The summed E-state index contributed by atoms with van der Waals surface area (Å²) in [6.07, 6.45) is 13.7. The molecule has 0 N–H and O–H groups in total. The predicted octanol–water partition coefficient (Wildman–Crippen LogP) is 6.00. The van der Waals surface area contributed by atoms with Crippen molar-refractivity contribution in [2.75, 3.05) is 32.1 Å². The van der Waals surface area contributed by atoms with Gasteiger partial charge in [-0.15, -0.1) is 11.6 Å². The van der Waals surface area contributed by atoms with Crippen LogP contribution >= 0.6 is 11.6 Å². The first-order valence-corrected chi connectivity index (χ1v) is 9.69.